The average molecular weight is 390 g/mol. The molecule has 0 bridgehead atoms. The zero-order valence-corrected chi connectivity index (χ0v) is 17.2. The molecule has 7 nitrogen and oxygen atoms in total. The molecular weight excluding hydrogens is 350 g/mol. The third-order valence-corrected chi connectivity index (χ3v) is 5.08. The molecule has 0 saturated carbocycles. The van der Waals surface area contributed by atoms with Gasteiger partial charge >= 0.3 is 0 Å². The summed E-state index contributed by atoms with van der Waals surface area (Å²) in [6.07, 6.45) is 9.19. The van der Waals surface area contributed by atoms with Crippen molar-refractivity contribution in [2.75, 3.05) is 13.2 Å². The van der Waals surface area contributed by atoms with Gasteiger partial charge in [0.2, 0.25) is 0 Å². The fraction of sp³-hybridized carbons (Fsp3) is 0.900. The van der Waals surface area contributed by atoms with E-state index in [1.807, 2.05) is 0 Å². The van der Waals surface area contributed by atoms with Crippen LogP contribution in [0.3, 0.4) is 0 Å². The Hall–Kier alpha value is -0.860. The molecule has 2 atom stereocenters. The van der Waals surface area contributed by atoms with Crippen molar-refractivity contribution in [1.29, 1.82) is 0 Å². The van der Waals surface area contributed by atoms with Gasteiger partial charge < -0.3 is 26.2 Å². The third-order valence-electron chi connectivity index (χ3n) is 5.08. The highest BCUT2D eigenvalue weighted by atomic mass is 16.3. The van der Waals surface area contributed by atoms with E-state index in [0.29, 0.717) is 6.42 Å². The molecule has 160 valence electrons. The molecule has 0 aromatic carbocycles. The summed E-state index contributed by atoms with van der Waals surface area (Å²) >= 11 is 0. The highest BCUT2D eigenvalue weighted by Gasteiger charge is 2.53. The van der Waals surface area contributed by atoms with E-state index in [1.54, 1.807) is 0 Å². The number of carbonyl (C=O) groups excluding carboxylic acids is 2. The fourth-order valence-electron chi connectivity index (χ4n) is 3.15. The van der Waals surface area contributed by atoms with Crippen LogP contribution in [0.5, 0.6) is 0 Å². The number of Topliss-reactive ketones (excluding diaryl/α,β-unsaturated/α-hetero) is 2. The van der Waals surface area contributed by atoms with Crippen LogP contribution < -0.4 is 5.73 Å². The Kier molecular flexibility index (Phi) is 11.5. The molecule has 0 radical (unpaired) electrons. The second-order valence-corrected chi connectivity index (χ2v) is 8.07. The Labute approximate surface area is 163 Å². The minimum atomic E-state index is -2.20. The van der Waals surface area contributed by atoms with Gasteiger partial charge in [0, 0.05) is 0 Å². The van der Waals surface area contributed by atoms with Gasteiger partial charge in [-0.1, -0.05) is 64.7 Å². The molecule has 6 N–H and O–H groups in total. The smallest absolute Gasteiger partial charge is 0.193 e. The predicted molar refractivity (Wildman–Crippen MR) is 104 cm³/mol. The Balaban J connectivity index is 4.85. The molecule has 0 spiro atoms. The Morgan fingerprint density at radius 3 is 1.41 bits per heavy atom. The number of aliphatic hydroxyl groups is 4. The number of rotatable bonds is 16. The summed E-state index contributed by atoms with van der Waals surface area (Å²) in [4.78, 5) is 25.3. The van der Waals surface area contributed by atoms with Crippen molar-refractivity contribution >= 4 is 11.6 Å². The first kappa shape index (κ1) is 26.1. The Morgan fingerprint density at radius 2 is 1.07 bits per heavy atom. The standard InChI is InChI=1S/C20H39NO6/c1-4-5-6-7-8-9-10-11-12-13-20(21,16(24)18(2,26)14-22)17(25)19(3,27)15-23/h22-23,26-27H,4-15,21H2,1-3H3. The van der Waals surface area contributed by atoms with Crippen molar-refractivity contribution in [1.82, 2.24) is 0 Å². The van der Waals surface area contributed by atoms with Crippen LogP contribution in [0.2, 0.25) is 0 Å². The monoisotopic (exact) mass is 389 g/mol. The van der Waals surface area contributed by atoms with Crippen molar-refractivity contribution in [3.8, 4) is 0 Å². The molecule has 0 amide bonds. The lowest BCUT2D eigenvalue weighted by Gasteiger charge is -2.36. The van der Waals surface area contributed by atoms with Crippen molar-refractivity contribution in [3.63, 3.8) is 0 Å². The van der Waals surface area contributed by atoms with Crippen LogP contribution in [0, 0.1) is 0 Å². The maximum Gasteiger partial charge on any atom is 0.193 e. The maximum absolute atomic E-state index is 12.6. The number of nitrogens with two attached hydrogens (primary N) is 1. The SMILES string of the molecule is CCCCCCCCCCCC(N)(C(=O)C(C)(O)CO)C(=O)C(C)(O)CO. The molecular formula is C20H39NO6. The number of unbranched alkanes of at least 4 members (excludes halogenated alkanes) is 8. The number of ketones is 2. The van der Waals surface area contributed by atoms with Gasteiger partial charge in [-0.25, -0.2) is 0 Å². The molecule has 7 heteroatoms. The van der Waals surface area contributed by atoms with Crippen LogP contribution in [-0.2, 0) is 9.59 Å². The van der Waals surface area contributed by atoms with Crippen LogP contribution in [0.15, 0.2) is 0 Å². The summed E-state index contributed by atoms with van der Waals surface area (Å²) in [6, 6.07) is 0. The molecule has 0 heterocycles. The van der Waals surface area contributed by atoms with Crippen molar-refractivity contribution < 1.29 is 30.0 Å². The van der Waals surface area contributed by atoms with Crippen molar-refractivity contribution in [2.45, 2.75) is 102 Å². The van der Waals surface area contributed by atoms with Gasteiger partial charge in [-0.2, -0.15) is 0 Å². The zero-order valence-electron chi connectivity index (χ0n) is 17.2. The molecule has 0 saturated heterocycles. The number of aliphatic hydroxyl groups excluding tert-OH is 2. The fourth-order valence-corrected chi connectivity index (χ4v) is 3.15. The normalized spacial score (nSPS) is 18.4. The number of hydrogen-bond acceptors (Lipinski definition) is 7. The van der Waals surface area contributed by atoms with E-state index >= 15 is 0 Å². The summed E-state index contributed by atoms with van der Waals surface area (Å²) in [7, 11) is 0. The van der Waals surface area contributed by atoms with E-state index in [-0.39, 0.29) is 6.42 Å². The van der Waals surface area contributed by atoms with Gasteiger partial charge in [0.25, 0.3) is 0 Å². The lowest BCUT2D eigenvalue weighted by molar-refractivity contribution is -0.158. The van der Waals surface area contributed by atoms with Crippen LogP contribution in [0.25, 0.3) is 0 Å². The summed E-state index contributed by atoms with van der Waals surface area (Å²) in [5.41, 5.74) is -0.503. The van der Waals surface area contributed by atoms with E-state index in [0.717, 1.165) is 39.5 Å². The molecule has 0 fully saturated rings. The maximum atomic E-state index is 12.6. The molecule has 0 aliphatic carbocycles. The van der Waals surface area contributed by atoms with Crippen LogP contribution in [0.1, 0.15) is 85.0 Å². The number of carbonyl (C=O) groups is 2. The van der Waals surface area contributed by atoms with E-state index in [2.05, 4.69) is 6.92 Å². The van der Waals surface area contributed by atoms with Crippen LogP contribution >= 0.6 is 0 Å². The molecule has 0 aliphatic rings. The van der Waals surface area contributed by atoms with Gasteiger partial charge in [0.1, 0.15) is 16.7 Å². The van der Waals surface area contributed by atoms with Gasteiger partial charge in [-0.3, -0.25) is 9.59 Å². The minimum Gasteiger partial charge on any atom is -0.393 e. The quantitative estimate of drug-likeness (QED) is 0.197. The Bertz CT molecular complexity index is 433. The van der Waals surface area contributed by atoms with E-state index in [9.17, 15) is 30.0 Å². The summed E-state index contributed by atoms with van der Waals surface area (Å²) in [5.74, 6) is -2.09. The van der Waals surface area contributed by atoms with E-state index < -0.39 is 41.5 Å². The zero-order chi connectivity index (χ0) is 21.1. The second kappa shape index (κ2) is 11.9. The minimum absolute atomic E-state index is 0.0627. The molecule has 2 unspecified atom stereocenters. The van der Waals surface area contributed by atoms with Crippen molar-refractivity contribution in [2.24, 2.45) is 5.73 Å². The summed E-state index contributed by atoms with van der Waals surface area (Å²) in [5, 5.41) is 38.7. The van der Waals surface area contributed by atoms with Gasteiger partial charge in [0.15, 0.2) is 11.6 Å². The van der Waals surface area contributed by atoms with E-state index in [4.69, 9.17) is 5.73 Å². The first-order valence-corrected chi connectivity index (χ1v) is 10.0. The lowest BCUT2D eigenvalue weighted by Crippen LogP contribution is -2.68. The van der Waals surface area contributed by atoms with Gasteiger partial charge in [0.05, 0.1) is 13.2 Å². The summed E-state index contributed by atoms with van der Waals surface area (Å²) in [6.45, 7) is 2.54. The first-order valence-electron chi connectivity index (χ1n) is 10.0. The third kappa shape index (κ3) is 7.95. The topological polar surface area (TPSA) is 141 Å². The average Bonchev–Trinajstić information content (AvgIpc) is 2.65. The number of hydrogen-bond donors (Lipinski definition) is 5. The lowest BCUT2D eigenvalue weighted by atomic mass is 9.73. The molecule has 0 aliphatic heterocycles. The summed E-state index contributed by atoms with van der Waals surface area (Å²) < 4.78 is 0. The van der Waals surface area contributed by atoms with E-state index in [1.165, 1.54) is 25.7 Å². The molecule has 0 rings (SSSR count). The second-order valence-electron chi connectivity index (χ2n) is 8.07. The predicted octanol–water partition coefficient (Wildman–Crippen LogP) is 1.23. The van der Waals surface area contributed by atoms with Gasteiger partial charge in [-0.15, -0.1) is 0 Å². The largest absolute Gasteiger partial charge is 0.393 e. The van der Waals surface area contributed by atoms with Crippen LogP contribution in [-0.4, -0.2) is 61.9 Å². The molecule has 0 aromatic rings. The Morgan fingerprint density at radius 1 is 0.741 bits per heavy atom. The van der Waals surface area contributed by atoms with Crippen LogP contribution in [0.4, 0.5) is 0 Å². The molecule has 27 heavy (non-hydrogen) atoms. The highest BCUT2D eigenvalue weighted by Crippen LogP contribution is 2.26. The first-order chi connectivity index (χ1) is 12.5. The molecule has 0 aromatic heterocycles. The highest BCUT2D eigenvalue weighted by molar-refractivity contribution is 6.16. The van der Waals surface area contributed by atoms with Gasteiger partial charge in [-0.05, 0) is 20.3 Å². The van der Waals surface area contributed by atoms with Crippen molar-refractivity contribution in [3.05, 3.63) is 0 Å².